The van der Waals surface area contributed by atoms with E-state index in [0.717, 1.165) is 32.1 Å². The minimum atomic E-state index is 0.0234. The molecule has 0 saturated heterocycles. The van der Waals surface area contributed by atoms with Crippen LogP contribution in [0.15, 0.2) is 0 Å². The number of likely N-dealkylation sites (N-methyl/N-ethyl adjacent to an activating group) is 1. The van der Waals surface area contributed by atoms with E-state index in [1.165, 1.54) is 25.7 Å². The molecule has 0 aromatic heterocycles. The van der Waals surface area contributed by atoms with Crippen LogP contribution < -0.4 is 5.32 Å². The van der Waals surface area contributed by atoms with Crippen LogP contribution in [-0.2, 0) is 9.47 Å². The number of rotatable bonds is 9. The van der Waals surface area contributed by atoms with Crippen molar-refractivity contribution in [2.45, 2.75) is 71.4 Å². The first kappa shape index (κ1) is 17.9. The third-order valence-electron chi connectivity index (χ3n) is 4.76. The molecule has 4 atom stereocenters. The number of ether oxygens (including phenoxy) is 2. The van der Waals surface area contributed by atoms with Gasteiger partial charge in [-0.2, -0.15) is 0 Å². The fraction of sp³-hybridized carbons (Fsp3) is 1.00. The van der Waals surface area contributed by atoms with E-state index in [1.807, 2.05) is 0 Å². The van der Waals surface area contributed by atoms with E-state index >= 15 is 0 Å². The van der Waals surface area contributed by atoms with Crippen LogP contribution in [-0.4, -0.2) is 38.5 Å². The van der Waals surface area contributed by atoms with E-state index in [0.29, 0.717) is 12.0 Å². The molecule has 1 saturated carbocycles. The Bertz CT molecular complexity index is 255. The molecule has 0 amide bonds. The molecule has 1 rings (SSSR count). The number of hydrogen-bond acceptors (Lipinski definition) is 3. The maximum atomic E-state index is 6.35. The molecule has 1 fully saturated rings. The second-order valence-electron chi connectivity index (χ2n) is 6.49. The van der Waals surface area contributed by atoms with Gasteiger partial charge in [-0.05, 0) is 44.6 Å². The third-order valence-corrected chi connectivity index (χ3v) is 4.76. The predicted molar refractivity (Wildman–Crippen MR) is 85.1 cm³/mol. The SMILES string of the molecule is CCNC(C(C)CCOC)C1(OCC)CCCC(C)C1. The quantitative estimate of drug-likeness (QED) is 0.702. The summed E-state index contributed by atoms with van der Waals surface area (Å²) in [5, 5.41) is 3.73. The van der Waals surface area contributed by atoms with Crippen molar-refractivity contribution in [1.29, 1.82) is 0 Å². The highest BCUT2D eigenvalue weighted by molar-refractivity contribution is 4.99. The lowest BCUT2D eigenvalue weighted by Crippen LogP contribution is -2.57. The molecular formula is C17H35NO2. The van der Waals surface area contributed by atoms with Crippen LogP contribution in [0.1, 0.15) is 59.8 Å². The van der Waals surface area contributed by atoms with E-state index in [1.54, 1.807) is 7.11 Å². The van der Waals surface area contributed by atoms with E-state index in [2.05, 4.69) is 33.0 Å². The Labute approximate surface area is 125 Å². The van der Waals surface area contributed by atoms with Crippen LogP contribution in [0.2, 0.25) is 0 Å². The largest absolute Gasteiger partial charge is 0.385 e. The van der Waals surface area contributed by atoms with Crippen molar-refractivity contribution >= 4 is 0 Å². The van der Waals surface area contributed by atoms with Crippen molar-refractivity contribution in [1.82, 2.24) is 5.32 Å². The molecule has 0 spiro atoms. The molecule has 1 aliphatic rings. The number of methoxy groups -OCH3 is 1. The Morgan fingerprint density at radius 2 is 2.10 bits per heavy atom. The average molecular weight is 285 g/mol. The lowest BCUT2D eigenvalue weighted by atomic mass is 9.70. The summed E-state index contributed by atoms with van der Waals surface area (Å²) >= 11 is 0. The Kier molecular flexibility index (Phi) is 8.08. The Hall–Kier alpha value is -0.120. The Morgan fingerprint density at radius 1 is 1.35 bits per heavy atom. The van der Waals surface area contributed by atoms with Gasteiger partial charge in [0, 0.05) is 26.4 Å². The van der Waals surface area contributed by atoms with Gasteiger partial charge in [-0.1, -0.05) is 33.6 Å². The van der Waals surface area contributed by atoms with Crippen molar-refractivity contribution in [3.63, 3.8) is 0 Å². The molecular weight excluding hydrogens is 250 g/mol. The van der Waals surface area contributed by atoms with E-state index in [9.17, 15) is 0 Å². The standard InChI is InChI=1S/C17H35NO2/c1-6-18-16(15(4)10-12-19-5)17(20-7-2)11-8-9-14(3)13-17/h14-16,18H,6-13H2,1-5H3. The molecule has 1 aliphatic carbocycles. The molecule has 120 valence electrons. The fourth-order valence-electron chi connectivity index (χ4n) is 3.93. The smallest absolute Gasteiger partial charge is 0.0839 e. The van der Waals surface area contributed by atoms with E-state index in [4.69, 9.17) is 9.47 Å². The van der Waals surface area contributed by atoms with Gasteiger partial charge in [0.25, 0.3) is 0 Å². The van der Waals surface area contributed by atoms with Crippen LogP contribution in [0.5, 0.6) is 0 Å². The summed E-state index contributed by atoms with van der Waals surface area (Å²) in [6.07, 6.45) is 6.12. The molecule has 0 radical (unpaired) electrons. The van der Waals surface area contributed by atoms with Crippen LogP contribution in [0.25, 0.3) is 0 Å². The molecule has 4 unspecified atom stereocenters. The highest BCUT2D eigenvalue weighted by atomic mass is 16.5. The molecule has 3 nitrogen and oxygen atoms in total. The molecule has 0 bridgehead atoms. The lowest BCUT2D eigenvalue weighted by Gasteiger charge is -2.48. The van der Waals surface area contributed by atoms with Crippen LogP contribution in [0, 0.1) is 11.8 Å². The maximum absolute atomic E-state index is 6.35. The van der Waals surface area contributed by atoms with Gasteiger partial charge in [-0.15, -0.1) is 0 Å². The zero-order valence-electron chi connectivity index (χ0n) is 14.2. The summed E-state index contributed by atoms with van der Waals surface area (Å²) in [4.78, 5) is 0. The number of nitrogens with one attached hydrogen (secondary N) is 1. The van der Waals surface area contributed by atoms with Gasteiger partial charge in [-0.25, -0.2) is 0 Å². The van der Waals surface area contributed by atoms with Crippen molar-refractivity contribution in [2.75, 3.05) is 26.9 Å². The summed E-state index contributed by atoms with van der Waals surface area (Å²) in [6.45, 7) is 11.7. The molecule has 3 heteroatoms. The monoisotopic (exact) mass is 285 g/mol. The first-order valence-electron chi connectivity index (χ1n) is 8.45. The maximum Gasteiger partial charge on any atom is 0.0839 e. The van der Waals surface area contributed by atoms with Crippen LogP contribution >= 0.6 is 0 Å². The highest BCUT2D eigenvalue weighted by Gasteiger charge is 2.44. The highest BCUT2D eigenvalue weighted by Crippen LogP contribution is 2.40. The van der Waals surface area contributed by atoms with Crippen molar-refractivity contribution in [3.8, 4) is 0 Å². The Morgan fingerprint density at radius 3 is 2.65 bits per heavy atom. The predicted octanol–water partition coefficient (Wildman–Crippen LogP) is 3.62. The molecule has 0 aliphatic heterocycles. The molecule has 0 aromatic rings. The number of hydrogen-bond donors (Lipinski definition) is 1. The van der Waals surface area contributed by atoms with Gasteiger partial charge in [0.05, 0.1) is 5.60 Å². The van der Waals surface area contributed by atoms with Crippen molar-refractivity contribution < 1.29 is 9.47 Å². The molecule has 0 aromatic carbocycles. The van der Waals surface area contributed by atoms with Gasteiger partial charge in [0.15, 0.2) is 0 Å². The lowest BCUT2D eigenvalue weighted by molar-refractivity contribution is -0.112. The summed E-state index contributed by atoms with van der Waals surface area (Å²) in [7, 11) is 1.79. The van der Waals surface area contributed by atoms with Crippen molar-refractivity contribution in [3.05, 3.63) is 0 Å². The molecule has 1 N–H and O–H groups in total. The minimum Gasteiger partial charge on any atom is -0.385 e. The second-order valence-corrected chi connectivity index (χ2v) is 6.49. The zero-order chi connectivity index (χ0) is 15.0. The van der Waals surface area contributed by atoms with E-state index in [-0.39, 0.29) is 5.60 Å². The van der Waals surface area contributed by atoms with Crippen molar-refractivity contribution in [2.24, 2.45) is 11.8 Å². The van der Waals surface area contributed by atoms with Gasteiger partial charge in [0.1, 0.15) is 0 Å². The Balaban J connectivity index is 2.86. The van der Waals surface area contributed by atoms with Crippen LogP contribution in [0.4, 0.5) is 0 Å². The summed E-state index contributed by atoms with van der Waals surface area (Å²) < 4.78 is 11.6. The topological polar surface area (TPSA) is 30.5 Å². The van der Waals surface area contributed by atoms with Gasteiger partial charge >= 0.3 is 0 Å². The normalized spacial score (nSPS) is 30.1. The minimum absolute atomic E-state index is 0.0234. The first-order valence-corrected chi connectivity index (χ1v) is 8.45. The second kappa shape index (κ2) is 9.01. The average Bonchev–Trinajstić information content (AvgIpc) is 2.42. The molecule has 20 heavy (non-hydrogen) atoms. The van der Waals surface area contributed by atoms with Gasteiger partial charge in [0.2, 0.25) is 0 Å². The fourth-order valence-corrected chi connectivity index (χ4v) is 3.93. The zero-order valence-corrected chi connectivity index (χ0v) is 14.2. The molecule has 0 heterocycles. The van der Waals surface area contributed by atoms with Crippen LogP contribution in [0.3, 0.4) is 0 Å². The summed E-state index contributed by atoms with van der Waals surface area (Å²) in [5.74, 6) is 1.35. The summed E-state index contributed by atoms with van der Waals surface area (Å²) in [6, 6.07) is 0.436. The van der Waals surface area contributed by atoms with Gasteiger partial charge < -0.3 is 14.8 Å². The first-order chi connectivity index (χ1) is 9.59. The van der Waals surface area contributed by atoms with Gasteiger partial charge in [-0.3, -0.25) is 0 Å². The summed E-state index contributed by atoms with van der Waals surface area (Å²) in [5.41, 5.74) is 0.0234. The third kappa shape index (κ3) is 4.71. The van der Waals surface area contributed by atoms with E-state index < -0.39 is 0 Å².